The lowest BCUT2D eigenvalue weighted by Crippen LogP contribution is -2.20. The van der Waals surface area contributed by atoms with E-state index < -0.39 is 0 Å². The van der Waals surface area contributed by atoms with Gasteiger partial charge in [-0.1, -0.05) is 12.1 Å². The largest absolute Gasteiger partial charge is 0.370 e. The summed E-state index contributed by atoms with van der Waals surface area (Å²) < 4.78 is 1.68. The van der Waals surface area contributed by atoms with E-state index in [9.17, 15) is 0 Å². The normalized spacial score (nSPS) is 12.0. The molecule has 136 valence electrons. The van der Waals surface area contributed by atoms with Crippen LogP contribution in [0.1, 0.15) is 6.92 Å². The molecule has 0 amide bonds. The molecule has 1 atom stereocenters. The van der Waals surface area contributed by atoms with Gasteiger partial charge >= 0.3 is 0 Å². The Kier molecular flexibility index (Phi) is 6.00. The average Bonchev–Trinajstić information content (AvgIpc) is 3.12. The molecule has 0 saturated heterocycles. The molecule has 0 saturated carbocycles. The molecule has 0 aliphatic rings. The Bertz CT molecular complexity index is 816. The van der Waals surface area contributed by atoms with E-state index in [0.717, 1.165) is 35.1 Å². The maximum absolute atomic E-state index is 4.44. The third-order valence-corrected chi connectivity index (χ3v) is 4.45. The van der Waals surface area contributed by atoms with Crippen molar-refractivity contribution in [3.05, 3.63) is 36.9 Å². The van der Waals surface area contributed by atoms with Crippen LogP contribution in [-0.2, 0) is 7.05 Å². The lowest BCUT2D eigenvalue weighted by atomic mass is 10.2. The van der Waals surface area contributed by atoms with Crippen molar-refractivity contribution in [1.82, 2.24) is 29.9 Å². The van der Waals surface area contributed by atoms with Crippen LogP contribution < -0.4 is 10.6 Å². The number of hydrogen-bond acceptors (Lipinski definition) is 8. The average molecular weight is 370 g/mol. The van der Waals surface area contributed by atoms with E-state index in [1.807, 2.05) is 44.0 Å². The zero-order valence-corrected chi connectivity index (χ0v) is 15.9. The molecule has 26 heavy (non-hydrogen) atoms. The van der Waals surface area contributed by atoms with Crippen molar-refractivity contribution in [2.45, 2.75) is 11.8 Å². The highest BCUT2D eigenvalue weighted by atomic mass is 32.2. The fraction of sp³-hybridized carbons (Fsp3) is 0.353. The molecule has 8 nitrogen and oxygen atoms in total. The molecule has 3 heterocycles. The maximum atomic E-state index is 4.44. The summed E-state index contributed by atoms with van der Waals surface area (Å²) in [5.74, 6) is 1.88. The number of aryl methyl sites for hydroxylation is 1. The van der Waals surface area contributed by atoms with Gasteiger partial charge in [0.25, 0.3) is 0 Å². The summed E-state index contributed by atoms with van der Waals surface area (Å²) >= 11 is 1.63. The van der Waals surface area contributed by atoms with E-state index in [0.29, 0.717) is 11.9 Å². The van der Waals surface area contributed by atoms with Crippen LogP contribution in [0, 0.1) is 5.92 Å². The highest BCUT2D eigenvalue weighted by Gasteiger charge is 2.06. The van der Waals surface area contributed by atoms with Crippen LogP contribution >= 0.6 is 11.8 Å². The van der Waals surface area contributed by atoms with Crippen LogP contribution in [0.3, 0.4) is 0 Å². The van der Waals surface area contributed by atoms with Crippen LogP contribution in [-0.4, -0.2) is 49.3 Å². The Labute approximate surface area is 156 Å². The summed E-state index contributed by atoms with van der Waals surface area (Å²) in [6.45, 7) is 3.74. The second kappa shape index (κ2) is 8.61. The summed E-state index contributed by atoms with van der Waals surface area (Å²) in [6.07, 6.45) is 9.33. The van der Waals surface area contributed by atoms with Gasteiger partial charge in [-0.3, -0.25) is 4.68 Å². The van der Waals surface area contributed by atoms with Crippen molar-refractivity contribution in [3.8, 4) is 11.3 Å². The van der Waals surface area contributed by atoms with Gasteiger partial charge in [0, 0.05) is 49.2 Å². The first-order chi connectivity index (χ1) is 12.6. The summed E-state index contributed by atoms with van der Waals surface area (Å²) in [6, 6.07) is 3.94. The first kappa shape index (κ1) is 18.1. The van der Waals surface area contributed by atoms with Crippen LogP contribution in [0.5, 0.6) is 0 Å². The monoisotopic (exact) mass is 370 g/mol. The van der Waals surface area contributed by atoms with Gasteiger partial charge in [-0.2, -0.15) is 0 Å². The SMILES string of the molecule is CSc1cnc(NCC(C)CNc2ccc(-c3cn(C)nn3)cn2)nc1. The van der Waals surface area contributed by atoms with Crippen molar-refractivity contribution in [3.63, 3.8) is 0 Å². The Balaban J connectivity index is 1.45. The van der Waals surface area contributed by atoms with Gasteiger partial charge in [-0.25, -0.2) is 15.0 Å². The minimum atomic E-state index is 0.389. The molecule has 0 bridgehead atoms. The first-order valence-electron chi connectivity index (χ1n) is 8.30. The number of thioether (sulfide) groups is 1. The summed E-state index contributed by atoms with van der Waals surface area (Å²) in [5.41, 5.74) is 1.76. The van der Waals surface area contributed by atoms with Crippen molar-refractivity contribution in [1.29, 1.82) is 0 Å². The fourth-order valence-electron chi connectivity index (χ4n) is 2.26. The van der Waals surface area contributed by atoms with Gasteiger partial charge < -0.3 is 10.6 Å². The quantitative estimate of drug-likeness (QED) is 0.584. The van der Waals surface area contributed by atoms with E-state index in [1.165, 1.54) is 0 Å². The van der Waals surface area contributed by atoms with Gasteiger partial charge in [-0.15, -0.1) is 16.9 Å². The van der Waals surface area contributed by atoms with E-state index >= 15 is 0 Å². The Morgan fingerprint density at radius 1 is 1.08 bits per heavy atom. The lowest BCUT2D eigenvalue weighted by molar-refractivity contribution is 0.644. The number of nitrogens with zero attached hydrogens (tertiary/aromatic N) is 6. The molecule has 0 aromatic carbocycles. The smallest absolute Gasteiger partial charge is 0.222 e. The molecule has 2 N–H and O–H groups in total. The topological polar surface area (TPSA) is 93.4 Å². The van der Waals surface area contributed by atoms with Gasteiger partial charge in [0.05, 0.1) is 6.20 Å². The molecule has 1 unspecified atom stereocenters. The van der Waals surface area contributed by atoms with E-state index in [1.54, 1.807) is 22.6 Å². The third-order valence-electron chi connectivity index (χ3n) is 3.77. The Hall–Kier alpha value is -2.68. The highest BCUT2D eigenvalue weighted by molar-refractivity contribution is 7.98. The minimum absolute atomic E-state index is 0.389. The molecular formula is C17H22N8S. The molecule has 0 aliphatic carbocycles. The van der Waals surface area contributed by atoms with Crippen molar-refractivity contribution < 1.29 is 0 Å². The second-order valence-electron chi connectivity index (χ2n) is 6.02. The second-order valence-corrected chi connectivity index (χ2v) is 6.90. The molecule has 0 fully saturated rings. The highest BCUT2D eigenvalue weighted by Crippen LogP contribution is 2.16. The molecular weight excluding hydrogens is 348 g/mol. The first-order valence-corrected chi connectivity index (χ1v) is 9.53. The summed E-state index contributed by atoms with van der Waals surface area (Å²) in [4.78, 5) is 14.1. The zero-order valence-electron chi connectivity index (χ0n) is 15.0. The van der Waals surface area contributed by atoms with Crippen LogP contribution in [0.25, 0.3) is 11.3 Å². The van der Waals surface area contributed by atoms with Crippen molar-refractivity contribution in [2.75, 3.05) is 30.0 Å². The molecule has 0 aliphatic heterocycles. The standard InChI is InChI=1S/C17H22N8S/c1-12(7-20-17-21-9-14(26-3)10-22-17)6-18-16-5-4-13(8-19-16)15-11-25(2)24-23-15/h4-5,8-12H,6-7H2,1-3H3,(H,18,19)(H,20,21,22). The fourth-order valence-corrected chi connectivity index (χ4v) is 2.58. The van der Waals surface area contributed by atoms with Crippen LogP contribution in [0.15, 0.2) is 41.8 Å². The number of hydrogen-bond donors (Lipinski definition) is 2. The van der Waals surface area contributed by atoms with Crippen molar-refractivity contribution >= 4 is 23.5 Å². The van der Waals surface area contributed by atoms with Gasteiger partial charge in [-0.05, 0) is 24.3 Å². The van der Waals surface area contributed by atoms with Gasteiger partial charge in [0.1, 0.15) is 11.5 Å². The Morgan fingerprint density at radius 2 is 1.85 bits per heavy atom. The molecule has 0 radical (unpaired) electrons. The molecule has 9 heteroatoms. The Morgan fingerprint density at radius 3 is 2.46 bits per heavy atom. The number of anilines is 2. The van der Waals surface area contributed by atoms with Gasteiger partial charge in [0.15, 0.2) is 0 Å². The zero-order chi connectivity index (χ0) is 18.4. The minimum Gasteiger partial charge on any atom is -0.370 e. The van der Waals surface area contributed by atoms with E-state index in [2.05, 4.69) is 42.8 Å². The van der Waals surface area contributed by atoms with E-state index in [-0.39, 0.29) is 0 Å². The molecule has 3 rings (SSSR count). The number of nitrogens with one attached hydrogen (secondary N) is 2. The number of aromatic nitrogens is 6. The third kappa shape index (κ3) is 4.92. The predicted octanol–water partition coefficient (Wildman–Crippen LogP) is 2.55. The molecule has 3 aromatic heterocycles. The maximum Gasteiger partial charge on any atom is 0.222 e. The summed E-state index contributed by atoms with van der Waals surface area (Å²) in [7, 11) is 1.84. The predicted molar refractivity (Wildman–Crippen MR) is 104 cm³/mol. The number of pyridine rings is 1. The lowest BCUT2D eigenvalue weighted by Gasteiger charge is -2.14. The molecule has 0 spiro atoms. The van der Waals surface area contributed by atoms with Crippen LogP contribution in [0.2, 0.25) is 0 Å². The van der Waals surface area contributed by atoms with Crippen LogP contribution in [0.4, 0.5) is 11.8 Å². The number of rotatable bonds is 8. The van der Waals surface area contributed by atoms with Gasteiger partial charge in [0.2, 0.25) is 5.95 Å². The van der Waals surface area contributed by atoms with Crippen molar-refractivity contribution in [2.24, 2.45) is 13.0 Å². The van der Waals surface area contributed by atoms with E-state index in [4.69, 9.17) is 0 Å². The summed E-state index contributed by atoms with van der Waals surface area (Å²) in [5, 5.41) is 14.6. The molecule has 3 aromatic rings.